The molecule has 0 amide bonds. The lowest BCUT2D eigenvalue weighted by Gasteiger charge is -2.09. The molecule has 0 aliphatic rings. The number of hydrogen-bond acceptors (Lipinski definition) is 2. The Morgan fingerprint density at radius 2 is 2.15 bits per heavy atom. The lowest BCUT2D eigenvalue weighted by molar-refractivity contribution is 0.256. The van der Waals surface area contributed by atoms with Gasteiger partial charge in [0.1, 0.15) is 6.61 Å². The maximum atomic E-state index is 5.01. The maximum absolute atomic E-state index is 5.01. The molecule has 0 aromatic heterocycles. The number of hydrogen-bond donors (Lipinski definition) is 2. The number of thiocarbonyl (C=S) groups is 1. The molecule has 0 atom stereocenters. The first-order chi connectivity index (χ1) is 6.31. The highest BCUT2D eigenvalue weighted by Crippen LogP contribution is 1.82. The Labute approximate surface area is 85.5 Å². The van der Waals surface area contributed by atoms with Crippen molar-refractivity contribution in [3.05, 3.63) is 12.8 Å². The van der Waals surface area contributed by atoms with Gasteiger partial charge in [-0.3, -0.25) is 0 Å². The van der Waals surface area contributed by atoms with E-state index < -0.39 is 0 Å². The van der Waals surface area contributed by atoms with Gasteiger partial charge in [-0.25, -0.2) is 0 Å². The third-order valence-corrected chi connectivity index (χ3v) is 1.73. The van der Waals surface area contributed by atoms with Crippen LogP contribution in [0, 0.1) is 0 Å². The van der Waals surface area contributed by atoms with Crippen molar-refractivity contribution < 1.29 is 4.74 Å². The van der Waals surface area contributed by atoms with Crippen LogP contribution in [0.2, 0.25) is 0 Å². The smallest absolute Gasteiger partial charge is 0.166 e. The standard InChI is InChI=1S/C9H18N2OS/c1-3-5-6-10-9(13)11-7-8-12-4-2/h4H,2-3,5-8H2,1H3,(H2,10,11,13). The van der Waals surface area contributed by atoms with Gasteiger partial charge in [0.05, 0.1) is 12.8 Å². The van der Waals surface area contributed by atoms with E-state index in [1.165, 1.54) is 12.7 Å². The molecule has 76 valence electrons. The van der Waals surface area contributed by atoms with E-state index in [0.29, 0.717) is 18.3 Å². The molecule has 0 heterocycles. The molecule has 0 rings (SSSR count). The minimum absolute atomic E-state index is 0.596. The fourth-order valence-electron chi connectivity index (χ4n) is 0.748. The molecule has 0 saturated carbocycles. The van der Waals surface area contributed by atoms with E-state index in [1.807, 2.05) is 0 Å². The Balaban J connectivity index is 3.15. The molecule has 0 unspecified atom stereocenters. The van der Waals surface area contributed by atoms with E-state index in [1.54, 1.807) is 0 Å². The van der Waals surface area contributed by atoms with Crippen LogP contribution in [0.3, 0.4) is 0 Å². The van der Waals surface area contributed by atoms with E-state index in [4.69, 9.17) is 17.0 Å². The average Bonchev–Trinajstić information content (AvgIpc) is 2.13. The zero-order chi connectivity index (χ0) is 9.94. The van der Waals surface area contributed by atoms with Crippen molar-refractivity contribution >= 4 is 17.3 Å². The highest BCUT2D eigenvalue weighted by Gasteiger charge is 1.92. The molecule has 4 heteroatoms. The van der Waals surface area contributed by atoms with Gasteiger partial charge in [-0.15, -0.1) is 0 Å². The van der Waals surface area contributed by atoms with Gasteiger partial charge in [-0.05, 0) is 18.6 Å². The minimum Gasteiger partial charge on any atom is -0.500 e. The molecular weight excluding hydrogens is 184 g/mol. The van der Waals surface area contributed by atoms with Crippen molar-refractivity contribution in [1.29, 1.82) is 0 Å². The lowest BCUT2D eigenvalue weighted by atomic mass is 10.3. The second kappa shape index (κ2) is 9.32. The molecule has 0 aromatic rings. The number of ether oxygens (including phenoxy) is 1. The van der Waals surface area contributed by atoms with Crippen molar-refractivity contribution in [2.75, 3.05) is 19.7 Å². The van der Waals surface area contributed by atoms with Gasteiger partial charge in [-0.1, -0.05) is 19.9 Å². The molecule has 0 aliphatic carbocycles. The maximum Gasteiger partial charge on any atom is 0.166 e. The first-order valence-electron chi connectivity index (χ1n) is 4.55. The first kappa shape index (κ1) is 12.2. The summed E-state index contributed by atoms with van der Waals surface area (Å²) in [6, 6.07) is 0. The van der Waals surface area contributed by atoms with E-state index in [9.17, 15) is 0 Å². The van der Waals surface area contributed by atoms with Gasteiger partial charge in [0.15, 0.2) is 5.11 Å². The van der Waals surface area contributed by atoms with Crippen LogP contribution < -0.4 is 10.6 Å². The normalized spacial score (nSPS) is 9.00. The Hall–Kier alpha value is -0.770. The first-order valence-corrected chi connectivity index (χ1v) is 4.96. The molecule has 0 fully saturated rings. The number of rotatable bonds is 7. The Morgan fingerprint density at radius 1 is 1.46 bits per heavy atom. The average molecular weight is 202 g/mol. The van der Waals surface area contributed by atoms with Crippen LogP contribution in [-0.4, -0.2) is 24.8 Å². The van der Waals surface area contributed by atoms with Crippen molar-refractivity contribution in [2.45, 2.75) is 19.8 Å². The third kappa shape index (κ3) is 9.14. The summed E-state index contributed by atoms with van der Waals surface area (Å²) in [5.41, 5.74) is 0. The summed E-state index contributed by atoms with van der Waals surface area (Å²) >= 11 is 5.01. The van der Waals surface area contributed by atoms with Crippen LogP contribution in [0.5, 0.6) is 0 Å². The summed E-state index contributed by atoms with van der Waals surface area (Å²) < 4.78 is 4.92. The van der Waals surface area contributed by atoms with E-state index in [2.05, 4.69) is 24.1 Å². The van der Waals surface area contributed by atoms with Crippen LogP contribution in [0.4, 0.5) is 0 Å². The molecule has 0 bridgehead atoms. The summed E-state index contributed by atoms with van der Waals surface area (Å²) in [7, 11) is 0. The molecule has 0 spiro atoms. The van der Waals surface area contributed by atoms with Gasteiger partial charge in [0.2, 0.25) is 0 Å². The topological polar surface area (TPSA) is 33.3 Å². The Morgan fingerprint density at radius 3 is 2.77 bits per heavy atom. The van der Waals surface area contributed by atoms with Crippen molar-refractivity contribution in [2.24, 2.45) is 0 Å². The van der Waals surface area contributed by atoms with Crippen LogP contribution >= 0.6 is 12.2 Å². The molecule has 2 N–H and O–H groups in total. The highest BCUT2D eigenvalue weighted by atomic mass is 32.1. The minimum atomic E-state index is 0.596. The summed E-state index contributed by atoms with van der Waals surface area (Å²) in [6.07, 6.45) is 3.75. The summed E-state index contributed by atoms with van der Waals surface area (Å²) in [5.74, 6) is 0. The summed E-state index contributed by atoms with van der Waals surface area (Å²) in [6.45, 7) is 7.83. The molecular formula is C9H18N2OS. The quantitative estimate of drug-likeness (QED) is 0.371. The van der Waals surface area contributed by atoms with Gasteiger partial charge < -0.3 is 15.4 Å². The predicted molar refractivity (Wildman–Crippen MR) is 59.7 cm³/mol. The Bertz CT molecular complexity index is 151. The second-order valence-corrected chi connectivity index (χ2v) is 2.98. The van der Waals surface area contributed by atoms with Gasteiger partial charge >= 0.3 is 0 Å². The summed E-state index contributed by atoms with van der Waals surface area (Å²) in [4.78, 5) is 0. The summed E-state index contributed by atoms with van der Waals surface area (Å²) in [5, 5.41) is 6.82. The van der Waals surface area contributed by atoms with Gasteiger partial charge in [0.25, 0.3) is 0 Å². The predicted octanol–water partition coefficient (Wildman–Crippen LogP) is 1.41. The fraction of sp³-hybridized carbons (Fsp3) is 0.667. The van der Waals surface area contributed by atoms with Crippen LogP contribution in [0.25, 0.3) is 0 Å². The molecule has 13 heavy (non-hydrogen) atoms. The largest absolute Gasteiger partial charge is 0.500 e. The number of nitrogens with one attached hydrogen (secondary N) is 2. The van der Waals surface area contributed by atoms with Gasteiger partial charge in [0, 0.05) is 6.54 Å². The van der Waals surface area contributed by atoms with Crippen molar-refractivity contribution in [1.82, 2.24) is 10.6 Å². The fourth-order valence-corrected chi connectivity index (χ4v) is 0.952. The Kier molecular flexibility index (Phi) is 8.77. The molecule has 0 radical (unpaired) electrons. The number of unbranched alkanes of at least 4 members (excludes halogenated alkanes) is 1. The van der Waals surface area contributed by atoms with Crippen molar-refractivity contribution in [3.8, 4) is 0 Å². The van der Waals surface area contributed by atoms with Crippen LogP contribution in [-0.2, 0) is 4.74 Å². The molecule has 0 saturated heterocycles. The zero-order valence-electron chi connectivity index (χ0n) is 8.14. The highest BCUT2D eigenvalue weighted by molar-refractivity contribution is 7.80. The monoisotopic (exact) mass is 202 g/mol. The zero-order valence-corrected chi connectivity index (χ0v) is 8.95. The van der Waals surface area contributed by atoms with E-state index in [-0.39, 0.29) is 0 Å². The SMILES string of the molecule is C=COCCNC(=S)NCCCC. The third-order valence-electron chi connectivity index (χ3n) is 1.44. The second-order valence-electron chi connectivity index (χ2n) is 2.57. The van der Waals surface area contributed by atoms with Gasteiger partial charge in [-0.2, -0.15) is 0 Å². The van der Waals surface area contributed by atoms with E-state index in [0.717, 1.165) is 13.0 Å². The molecule has 0 aromatic carbocycles. The van der Waals surface area contributed by atoms with Crippen LogP contribution in [0.1, 0.15) is 19.8 Å². The van der Waals surface area contributed by atoms with Crippen molar-refractivity contribution in [3.63, 3.8) is 0 Å². The lowest BCUT2D eigenvalue weighted by Crippen LogP contribution is -2.37. The molecule has 3 nitrogen and oxygen atoms in total. The van der Waals surface area contributed by atoms with E-state index >= 15 is 0 Å². The van der Waals surface area contributed by atoms with Crippen LogP contribution in [0.15, 0.2) is 12.8 Å². The molecule has 0 aliphatic heterocycles.